The molecule has 0 aliphatic heterocycles. The first-order valence-electron chi connectivity index (χ1n) is 9.99. The van der Waals surface area contributed by atoms with Gasteiger partial charge in [-0.05, 0) is 70.1 Å². The summed E-state index contributed by atoms with van der Waals surface area (Å²) >= 11 is 6.39. The van der Waals surface area contributed by atoms with Crippen LogP contribution in [-0.2, 0) is 14.3 Å². The molecule has 148 valence electrons. The maximum Gasteiger partial charge on any atom is 0.299 e. The van der Waals surface area contributed by atoms with Crippen LogP contribution in [0.1, 0.15) is 32.1 Å². The second-order valence-electron chi connectivity index (χ2n) is 7.81. The van der Waals surface area contributed by atoms with Gasteiger partial charge in [0.15, 0.2) is 0 Å². The van der Waals surface area contributed by atoms with Gasteiger partial charge in [0.05, 0.1) is 11.1 Å². The molecule has 0 atom stereocenters. The molecule has 1 aliphatic rings. The Morgan fingerprint density at radius 1 is 0.759 bits per heavy atom. The number of fused-ring (bicyclic) bond motifs is 3. The second kappa shape index (κ2) is 7.28. The molecule has 0 unspecified atom stereocenters. The Kier molecular flexibility index (Phi) is 4.73. The largest absolute Gasteiger partial charge is 0.299 e. The zero-order chi connectivity index (χ0) is 20.0. The first-order chi connectivity index (χ1) is 14.0. The highest BCUT2D eigenvalue weighted by Crippen LogP contribution is 2.36. The summed E-state index contributed by atoms with van der Waals surface area (Å²) < 4.78 is 32.0. The first-order valence-corrected chi connectivity index (χ1v) is 11.8. The van der Waals surface area contributed by atoms with Gasteiger partial charge in [-0.1, -0.05) is 61.2 Å². The van der Waals surface area contributed by atoms with Crippen LogP contribution in [-0.4, -0.2) is 14.5 Å². The van der Waals surface area contributed by atoms with Crippen molar-refractivity contribution in [1.29, 1.82) is 0 Å². The van der Waals surface area contributed by atoms with E-state index >= 15 is 0 Å². The predicted molar refractivity (Wildman–Crippen MR) is 119 cm³/mol. The van der Waals surface area contributed by atoms with Gasteiger partial charge in [0.25, 0.3) is 10.1 Å². The Morgan fingerprint density at radius 2 is 1.38 bits per heavy atom. The molecule has 0 bridgehead atoms. The summed E-state index contributed by atoms with van der Waals surface area (Å²) in [6, 6.07) is 19.8. The second-order valence-corrected chi connectivity index (χ2v) is 9.72. The van der Waals surface area contributed by atoms with Crippen LogP contribution in [0.3, 0.4) is 0 Å². The van der Waals surface area contributed by atoms with Crippen molar-refractivity contribution in [2.45, 2.75) is 43.1 Å². The van der Waals surface area contributed by atoms with Crippen LogP contribution < -0.4 is 0 Å². The van der Waals surface area contributed by atoms with Gasteiger partial charge in [-0.2, -0.15) is 8.42 Å². The van der Waals surface area contributed by atoms with Crippen molar-refractivity contribution in [3.05, 3.63) is 65.7 Å². The summed E-state index contributed by atoms with van der Waals surface area (Å²) in [5.41, 5.74) is 0. The van der Waals surface area contributed by atoms with Gasteiger partial charge in [-0.25, -0.2) is 0 Å². The molecule has 0 aromatic heterocycles. The summed E-state index contributed by atoms with van der Waals surface area (Å²) in [5, 5.41) is 5.96. The van der Waals surface area contributed by atoms with E-state index in [1.165, 1.54) is 0 Å². The number of benzene rings is 4. The third-order valence-electron chi connectivity index (χ3n) is 5.81. The van der Waals surface area contributed by atoms with Crippen molar-refractivity contribution in [2.75, 3.05) is 0 Å². The summed E-state index contributed by atoms with van der Waals surface area (Å²) in [7, 11) is -3.96. The molecular weight excluding hydrogens is 404 g/mol. The van der Waals surface area contributed by atoms with E-state index < -0.39 is 10.1 Å². The van der Waals surface area contributed by atoms with Crippen molar-refractivity contribution in [3.63, 3.8) is 0 Å². The normalized spacial score (nSPS) is 16.0. The highest BCUT2D eigenvalue weighted by atomic mass is 35.5. The minimum Gasteiger partial charge on any atom is -0.263 e. The lowest BCUT2D eigenvalue weighted by Gasteiger charge is -2.22. The van der Waals surface area contributed by atoms with Crippen LogP contribution in [0.4, 0.5) is 0 Å². The number of halogens is 1. The molecule has 0 amide bonds. The van der Waals surface area contributed by atoms with Crippen molar-refractivity contribution >= 4 is 54.0 Å². The minimum absolute atomic E-state index is 0.0808. The average molecular weight is 425 g/mol. The van der Waals surface area contributed by atoms with Crippen LogP contribution in [0, 0.1) is 0 Å². The molecule has 4 aromatic carbocycles. The average Bonchev–Trinajstić information content (AvgIpc) is 2.71. The van der Waals surface area contributed by atoms with Gasteiger partial charge in [0, 0.05) is 5.39 Å². The van der Waals surface area contributed by atoms with Crippen molar-refractivity contribution in [3.8, 4) is 0 Å². The standard InChI is InChI=1S/C24H21ClO3S/c25-23-11-10-18-14-19-12-16-6-4-5-7-17(16)13-20(19)15-22(18)24(23)29(26,27)28-21-8-2-1-3-9-21/h4-7,10-15,21H,1-3,8-9H2. The summed E-state index contributed by atoms with van der Waals surface area (Å²) in [6.45, 7) is 0. The topological polar surface area (TPSA) is 43.4 Å². The Bertz CT molecular complexity index is 1340. The fourth-order valence-electron chi connectivity index (χ4n) is 4.35. The zero-order valence-corrected chi connectivity index (χ0v) is 17.5. The van der Waals surface area contributed by atoms with E-state index in [1.807, 2.05) is 30.3 Å². The van der Waals surface area contributed by atoms with Gasteiger partial charge in [-0.3, -0.25) is 4.18 Å². The Balaban J connectivity index is 1.70. The van der Waals surface area contributed by atoms with E-state index in [4.69, 9.17) is 15.8 Å². The third-order valence-corrected chi connectivity index (χ3v) is 7.70. The van der Waals surface area contributed by atoms with Gasteiger partial charge < -0.3 is 0 Å². The molecular formula is C24H21ClO3S. The molecule has 0 saturated heterocycles. The van der Waals surface area contributed by atoms with Gasteiger partial charge in [-0.15, -0.1) is 0 Å². The van der Waals surface area contributed by atoms with Crippen LogP contribution >= 0.6 is 11.6 Å². The molecule has 1 saturated carbocycles. The molecule has 29 heavy (non-hydrogen) atoms. The van der Waals surface area contributed by atoms with Crippen LogP contribution in [0.2, 0.25) is 5.02 Å². The molecule has 4 aromatic rings. The molecule has 5 rings (SSSR count). The molecule has 0 heterocycles. The minimum atomic E-state index is -3.96. The Labute approximate surface area is 175 Å². The fourth-order valence-corrected chi connectivity index (χ4v) is 6.20. The molecule has 0 radical (unpaired) electrons. The molecule has 1 fully saturated rings. The van der Waals surface area contributed by atoms with Gasteiger partial charge in [0.1, 0.15) is 4.90 Å². The van der Waals surface area contributed by atoms with Crippen molar-refractivity contribution in [2.24, 2.45) is 0 Å². The smallest absolute Gasteiger partial charge is 0.263 e. The SMILES string of the molecule is O=S(=O)(OC1CCCCC1)c1c(Cl)ccc2cc3cc4ccccc4cc3cc12. The highest BCUT2D eigenvalue weighted by Gasteiger charge is 2.27. The Morgan fingerprint density at radius 3 is 2.07 bits per heavy atom. The van der Waals surface area contributed by atoms with Crippen LogP contribution in [0.25, 0.3) is 32.3 Å². The summed E-state index contributed by atoms with van der Waals surface area (Å²) in [6.07, 6.45) is 4.43. The zero-order valence-electron chi connectivity index (χ0n) is 15.9. The van der Waals surface area contributed by atoms with E-state index in [0.29, 0.717) is 5.39 Å². The van der Waals surface area contributed by atoms with Crippen molar-refractivity contribution in [1.82, 2.24) is 0 Å². The monoisotopic (exact) mass is 424 g/mol. The highest BCUT2D eigenvalue weighted by molar-refractivity contribution is 7.87. The maximum absolute atomic E-state index is 13.2. The summed E-state index contributed by atoms with van der Waals surface area (Å²) in [5.74, 6) is 0. The lowest BCUT2D eigenvalue weighted by Crippen LogP contribution is -2.21. The van der Waals surface area contributed by atoms with Crippen molar-refractivity contribution < 1.29 is 12.6 Å². The molecule has 0 N–H and O–H groups in total. The van der Waals surface area contributed by atoms with E-state index in [-0.39, 0.29) is 16.0 Å². The van der Waals surface area contributed by atoms with Gasteiger partial charge >= 0.3 is 0 Å². The number of hydrogen-bond acceptors (Lipinski definition) is 3. The fraction of sp³-hybridized carbons (Fsp3) is 0.250. The summed E-state index contributed by atoms with van der Waals surface area (Å²) in [4.78, 5) is 0.0808. The lowest BCUT2D eigenvalue weighted by atomic mass is 9.98. The Hall–Kier alpha value is -2.14. The molecule has 5 heteroatoms. The van der Waals surface area contributed by atoms with Crippen LogP contribution in [0.15, 0.2) is 65.6 Å². The quantitative estimate of drug-likeness (QED) is 0.267. The van der Waals surface area contributed by atoms with E-state index in [9.17, 15) is 8.42 Å². The van der Waals surface area contributed by atoms with E-state index in [0.717, 1.165) is 59.0 Å². The first kappa shape index (κ1) is 18.9. The third kappa shape index (κ3) is 3.50. The number of hydrogen-bond donors (Lipinski definition) is 0. The number of rotatable bonds is 3. The molecule has 3 nitrogen and oxygen atoms in total. The lowest BCUT2D eigenvalue weighted by molar-refractivity contribution is 0.162. The van der Waals surface area contributed by atoms with E-state index in [2.05, 4.69) is 24.3 Å². The molecule has 1 aliphatic carbocycles. The van der Waals surface area contributed by atoms with Gasteiger partial charge in [0.2, 0.25) is 0 Å². The molecule has 0 spiro atoms. The van der Waals surface area contributed by atoms with E-state index in [1.54, 1.807) is 6.07 Å². The maximum atomic E-state index is 13.2. The predicted octanol–water partition coefficient (Wildman–Crippen LogP) is 6.84. The van der Waals surface area contributed by atoms with Crippen LogP contribution in [0.5, 0.6) is 0 Å².